The fraction of sp³-hybridized carbons (Fsp3) is 1.00. The lowest BCUT2D eigenvalue weighted by Crippen LogP contribution is -2.40. The normalized spacial score (nSPS) is 46.3. The van der Waals surface area contributed by atoms with Crippen LogP contribution in [0.25, 0.3) is 0 Å². The first-order valence-corrected chi connectivity index (χ1v) is 6.12. The molecule has 0 amide bonds. The molecular formula is C8H14O3S. The van der Waals surface area contributed by atoms with Gasteiger partial charge in [0.1, 0.15) is 0 Å². The van der Waals surface area contributed by atoms with E-state index in [1.54, 1.807) is 6.92 Å². The molecule has 0 spiro atoms. The zero-order valence-corrected chi connectivity index (χ0v) is 7.97. The Labute approximate surface area is 72.7 Å². The maximum Gasteiger partial charge on any atom is 0.155 e. The van der Waals surface area contributed by atoms with E-state index < -0.39 is 20.7 Å². The van der Waals surface area contributed by atoms with E-state index in [-0.39, 0.29) is 11.7 Å². The third kappa shape index (κ3) is 1.01. The van der Waals surface area contributed by atoms with Gasteiger partial charge in [-0.3, -0.25) is 0 Å². The average Bonchev–Trinajstić information content (AvgIpc) is 2.78. The highest BCUT2D eigenvalue weighted by molar-refractivity contribution is 7.92. The second-order valence-electron chi connectivity index (χ2n) is 4.02. The van der Waals surface area contributed by atoms with Crippen LogP contribution in [0.2, 0.25) is 0 Å². The third-order valence-electron chi connectivity index (χ3n) is 3.31. The van der Waals surface area contributed by atoms with E-state index in [4.69, 9.17) is 0 Å². The molecular weight excluding hydrogens is 176 g/mol. The van der Waals surface area contributed by atoms with Crippen molar-refractivity contribution in [2.75, 3.05) is 5.75 Å². The molecule has 0 aromatic carbocycles. The number of rotatable bonds is 1. The highest BCUT2D eigenvalue weighted by Gasteiger charge is 2.56. The van der Waals surface area contributed by atoms with E-state index in [9.17, 15) is 13.5 Å². The second-order valence-corrected chi connectivity index (χ2v) is 6.47. The first-order chi connectivity index (χ1) is 5.47. The van der Waals surface area contributed by atoms with Gasteiger partial charge in [0.05, 0.1) is 16.6 Å². The molecule has 2 unspecified atom stereocenters. The lowest BCUT2D eigenvalue weighted by Gasteiger charge is -2.25. The summed E-state index contributed by atoms with van der Waals surface area (Å²) in [7, 11) is -2.99. The van der Waals surface area contributed by atoms with Crippen LogP contribution in [0.5, 0.6) is 0 Å². The molecule has 1 aliphatic carbocycles. The summed E-state index contributed by atoms with van der Waals surface area (Å²) < 4.78 is 22.7. The SMILES string of the molecule is CC1C(O)(C2CC2)CCS1(=O)=O. The number of hydrogen-bond acceptors (Lipinski definition) is 3. The summed E-state index contributed by atoms with van der Waals surface area (Å²) >= 11 is 0. The molecule has 0 aromatic heterocycles. The minimum atomic E-state index is -2.99. The van der Waals surface area contributed by atoms with E-state index in [1.807, 2.05) is 0 Å². The Kier molecular flexibility index (Phi) is 1.58. The first kappa shape index (κ1) is 8.51. The van der Waals surface area contributed by atoms with Crippen LogP contribution >= 0.6 is 0 Å². The zero-order chi connectivity index (χ0) is 8.98. The van der Waals surface area contributed by atoms with Gasteiger partial charge in [-0.15, -0.1) is 0 Å². The largest absolute Gasteiger partial charge is 0.388 e. The minimum Gasteiger partial charge on any atom is -0.388 e. The fourth-order valence-electron chi connectivity index (χ4n) is 2.12. The highest BCUT2D eigenvalue weighted by Crippen LogP contribution is 2.48. The van der Waals surface area contributed by atoms with Crippen LogP contribution in [0.4, 0.5) is 0 Å². The van der Waals surface area contributed by atoms with Gasteiger partial charge in [-0.2, -0.15) is 0 Å². The number of sulfone groups is 1. The molecule has 2 aliphatic rings. The Hall–Kier alpha value is -0.0900. The number of aliphatic hydroxyl groups is 1. The smallest absolute Gasteiger partial charge is 0.155 e. The van der Waals surface area contributed by atoms with Crippen LogP contribution in [0.3, 0.4) is 0 Å². The van der Waals surface area contributed by atoms with E-state index in [2.05, 4.69) is 0 Å². The number of hydrogen-bond donors (Lipinski definition) is 1. The molecule has 2 atom stereocenters. The monoisotopic (exact) mass is 190 g/mol. The second kappa shape index (κ2) is 2.23. The van der Waals surface area contributed by atoms with Gasteiger partial charge in [-0.1, -0.05) is 0 Å². The Bertz CT molecular complexity index is 291. The van der Waals surface area contributed by atoms with Crippen LogP contribution < -0.4 is 0 Å². The molecule has 1 saturated heterocycles. The van der Waals surface area contributed by atoms with Gasteiger partial charge >= 0.3 is 0 Å². The molecule has 70 valence electrons. The Balaban J connectivity index is 2.30. The summed E-state index contributed by atoms with van der Waals surface area (Å²) in [6, 6.07) is 0. The van der Waals surface area contributed by atoms with E-state index in [0.29, 0.717) is 6.42 Å². The quantitative estimate of drug-likeness (QED) is 0.648. The fourth-order valence-corrected chi connectivity index (χ4v) is 4.01. The maximum absolute atomic E-state index is 11.3. The maximum atomic E-state index is 11.3. The first-order valence-electron chi connectivity index (χ1n) is 4.41. The molecule has 1 N–H and O–H groups in total. The van der Waals surface area contributed by atoms with Crippen molar-refractivity contribution >= 4 is 9.84 Å². The Morgan fingerprint density at radius 2 is 2.00 bits per heavy atom. The summed E-state index contributed by atoms with van der Waals surface area (Å²) in [5, 5.41) is 9.51. The minimum absolute atomic E-state index is 0.168. The van der Waals surface area contributed by atoms with Crippen LogP contribution in [-0.2, 0) is 9.84 Å². The summed E-state index contributed by atoms with van der Waals surface area (Å²) in [5.41, 5.74) is -0.890. The van der Waals surface area contributed by atoms with Crippen molar-refractivity contribution in [3.63, 3.8) is 0 Å². The molecule has 0 radical (unpaired) electrons. The van der Waals surface area contributed by atoms with E-state index >= 15 is 0 Å². The molecule has 1 saturated carbocycles. The van der Waals surface area contributed by atoms with E-state index in [1.165, 1.54) is 0 Å². The molecule has 3 nitrogen and oxygen atoms in total. The van der Waals surface area contributed by atoms with Crippen molar-refractivity contribution in [1.82, 2.24) is 0 Å². The topological polar surface area (TPSA) is 54.4 Å². The standard InChI is InChI=1S/C8H14O3S/c1-6-8(9,7-2-3-7)4-5-12(6,10)11/h6-7,9H,2-5H2,1H3. The van der Waals surface area contributed by atoms with Gasteiger partial charge < -0.3 is 5.11 Å². The van der Waals surface area contributed by atoms with Crippen LogP contribution in [-0.4, -0.2) is 30.1 Å². The predicted molar refractivity (Wildman–Crippen MR) is 45.5 cm³/mol. The van der Waals surface area contributed by atoms with Crippen molar-refractivity contribution in [3.8, 4) is 0 Å². The lowest BCUT2D eigenvalue weighted by atomic mass is 9.92. The highest BCUT2D eigenvalue weighted by atomic mass is 32.2. The van der Waals surface area contributed by atoms with Gasteiger partial charge in [0, 0.05) is 0 Å². The van der Waals surface area contributed by atoms with Crippen LogP contribution in [0.1, 0.15) is 26.2 Å². The molecule has 12 heavy (non-hydrogen) atoms. The van der Waals surface area contributed by atoms with Crippen molar-refractivity contribution in [2.24, 2.45) is 5.92 Å². The molecule has 2 fully saturated rings. The summed E-state index contributed by atoms with van der Waals surface area (Å²) in [6.07, 6.45) is 2.44. The van der Waals surface area contributed by atoms with Gasteiger partial charge in [-0.05, 0) is 32.1 Å². The molecule has 2 rings (SSSR count). The van der Waals surface area contributed by atoms with Crippen molar-refractivity contribution in [2.45, 2.75) is 37.0 Å². The Morgan fingerprint density at radius 3 is 2.33 bits per heavy atom. The van der Waals surface area contributed by atoms with E-state index in [0.717, 1.165) is 12.8 Å². The molecule has 1 heterocycles. The molecule has 0 bridgehead atoms. The van der Waals surface area contributed by atoms with Crippen molar-refractivity contribution < 1.29 is 13.5 Å². The van der Waals surface area contributed by atoms with Gasteiger partial charge in [-0.25, -0.2) is 8.42 Å². The third-order valence-corrected chi connectivity index (χ3v) is 5.57. The molecule has 0 aromatic rings. The van der Waals surface area contributed by atoms with Gasteiger partial charge in [0.25, 0.3) is 0 Å². The average molecular weight is 190 g/mol. The molecule has 4 heteroatoms. The van der Waals surface area contributed by atoms with Crippen molar-refractivity contribution in [1.29, 1.82) is 0 Å². The Morgan fingerprint density at radius 1 is 1.42 bits per heavy atom. The summed E-state index contributed by atoms with van der Waals surface area (Å²) in [5.74, 6) is 0.422. The summed E-state index contributed by atoms with van der Waals surface area (Å²) in [4.78, 5) is 0. The zero-order valence-electron chi connectivity index (χ0n) is 7.16. The van der Waals surface area contributed by atoms with Crippen molar-refractivity contribution in [3.05, 3.63) is 0 Å². The summed E-state index contributed by atoms with van der Waals surface area (Å²) in [6.45, 7) is 1.64. The molecule has 1 aliphatic heterocycles. The predicted octanol–water partition coefficient (Wildman–Crippen LogP) is 0.335. The lowest BCUT2D eigenvalue weighted by molar-refractivity contribution is 0.0224. The van der Waals surface area contributed by atoms with Gasteiger partial charge in [0.15, 0.2) is 9.84 Å². The van der Waals surface area contributed by atoms with Crippen LogP contribution in [0, 0.1) is 5.92 Å². The van der Waals surface area contributed by atoms with Crippen LogP contribution in [0.15, 0.2) is 0 Å². The van der Waals surface area contributed by atoms with Gasteiger partial charge in [0.2, 0.25) is 0 Å².